The summed E-state index contributed by atoms with van der Waals surface area (Å²) in [5, 5.41) is 14.1. The van der Waals surface area contributed by atoms with Crippen molar-refractivity contribution in [2.75, 3.05) is 13.2 Å². The van der Waals surface area contributed by atoms with Crippen LogP contribution < -0.4 is 5.56 Å². The number of carbonyl (C=O) groups is 8. The zero-order valence-corrected chi connectivity index (χ0v) is 41.4. The maximum atomic E-state index is 15.0. The van der Waals surface area contributed by atoms with Crippen LogP contribution in [0.3, 0.4) is 0 Å². The van der Waals surface area contributed by atoms with Crippen molar-refractivity contribution in [2.24, 2.45) is 30.2 Å². The van der Waals surface area contributed by atoms with E-state index in [1.54, 1.807) is 19.9 Å². The second kappa shape index (κ2) is 19.9. The normalized spacial score (nSPS) is 33.1. The van der Waals surface area contributed by atoms with Crippen LogP contribution in [0, 0.1) is 23.2 Å². The van der Waals surface area contributed by atoms with E-state index in [-0.39, 0.29) is 28.8 Å². The van der Waals surface area contributed by atoms with Crippen LogP contribution in [-0.2, 0) is 73.7 Å². The average molecular weight is 1000 g/mol. The number of cyclic esters (lactones) is 1. The first-order valence-corrected chi connectivity index (χ1v) is 23.4. The Kier molecular flexibility index (Phi) is 14.6. The summed E-state index contributed by atoms with van der Waals surface area (Å²) in [7, 11) is 1.35. The molecule has 1 spiro atoms. The Hall–Kier alpha value is -7.00. The number of fused-ring (bicyclic) bond motifs is 5. The number of aromatic nitrogens is 2. The summed E-state index contributed by atoms with van der Waals surface area (Å²) in [6.45, 7) is 9.75. The predicted octanol–water partition coefficient (Wildman–Crippen LogP) is 3.35. The quantitative estimate of drug-likeness (QED) is 0.213. The van der Waals surface area contributed by atoms with Crippen LogP contribution in [-0.4, -0.2) is 129 Å². The van der Waals surface area contributed by atoms with Crippen molar-refractivity contribution in [3.05, 3.63) is 99.7 Å². The van der Waals surface area contributed by atoms with E-state index in [1.165, 1.54) is 70.4 Å². The highest BCUT2D eigenvalue weighted by atomic mass is 16.7. The molecule has 386 valence electrons. The van der Waals surface area contributed by atoms with Crippen LogP contribution in [0.25, 0.3) is 0 Å². The fourth-order valence-electron chi connectivity index (χ4n) is 10.8. The molecule has 7 rings (SSSR count). The van der Waals surface area contributed by atoms with Crippen LogP contribution in [0.15, 0.2) is 71.8 Å². The van der Waals surface area contributed by atoms with E-state index in [0.717, 1.165) is 50.6 Å². The summed E-state index contributed by atoms with van der Waals surface area (Å²) in [4.78, 5) is 131. The smallest absolute Gasteiger partial charge is 0.340 e. The molecule has 3 fully saturated rings. The number of aryl methyl sites for hydroxylation is 1. The Bertz CT molecular complexity index is 2720. The Balaban J connectivity index is 1.67. The predicted molar refractivity (Wildman–Crippen MR) is 244 cm³/mol. The Labute approximate surface area is 413 Å². The van der Waals surface area contributed by atoms with E-state index in [1.807, 2.05) is 0 Å². The van der Waals surface area contributed by atoms with Crippen molar-refractivity contribution >= 4 is 47.8 Å². The summed E-state index contributed by atoms with van der Waals surface area (Å²) in [5.41, 5.74) is -11.7. The van der Waals surface area contributed by atoms with Gasteiger partial charge in [-0.1, -0.05) is 45.9 Å². The molecule has 2 aliphatic carbocycles. The van der Waals surface area contributed by atoms with Gasteiger partial charge in [0.15, 0.2) is 30.0 Å². The van der Waals surface area contributed by atoms with Gasteiger partial charge in [0.25, 0.3) is 0 Å². The molecule has 21 nitrogen and oxygen atoms in total. The minimum Gasteiger partial charge on any atom is -0.464 e. The van der Waals surface area contributed by atoms with Gasteiger partial charge in [-0.3, -0.25) is 33.8 Å². The standard InChI is InChI=1S/C51H58N2O19/c1-11-25(2)43(58)65-24-50-41(68-30(7)56)37(66-28(5)54)35-39(67-29(6)55)51(50)49(9,63)40(70-44(59)27(4)26(3)36-33(18-15-21-52-36)47(62)64-23-48(35,8)72-51)38(42(50)71-45(60)31-16-13-12-14-17-31)69-46(61)32-19-20-34(57)53(10)22-32/h12-22,25-27,35,37-42,63H,11,23-24H2,1-10H3/t25-,26+,27+,35-,37-,38+,39-,40+,41+,42-,48+,49+,50-,51+/m1/s1. The van der Waals surface area contributed by atoms with E-state index in [0.29, 0.717) is 0 Å². The van der Waals surface area contributed by atoms with Gasteiger partial charge in [-0.15, -0.1) is 0 Å². The molecule has 72 heavy (non-hydrogen) atoms. The van der Waals surface area contributed by atoms with E-state index in [9.17, 15) is 48.3 Å². The number of carbonyl (C=O) groups excluding carboxylic acids is 8. The minimum atomic E-state index is -2.99. The maximum absolute atomic E-state index is 15.0. The first kappa shape index (κ1) is 52.8. The monoisotopic (exact) mass is 1000 g/mol. The summed E-state index contributed by atoms with van der Waals surface area (Å²) >= 11 is 0. The second-order valence-electron chi connectivity index (χ2n) is 19.3. The molecule has 1 N–H and O–H groups in total. The number of benzene rings is 1. The molecule has 21 heteroatoms. The van der Waals surface area contributed by atoms with Crippen LogP contribution >= 0.6 is 0 Å². The fraction of sp³-hybridized carbons (Fsp3) is 0.529. The Morgan fingerprint density at radius 2 is 1.42 bits per heavy atom. The molecular formula is C51H58N2O19. The summed E-state index contributed by atoms with van der Waals surface area (Å²) in [6, 6.07) is 12.4. The third-order valence-corrected chi connectivity index (χ3v) is 14.6. The molecule has 4 bridgehead atoms. The van der Waals surface area contributed by atoms with Crippen LogP contribution in [0.1, 0.15) is 111 Å². The molecule has 4 heterocycles. The van der Waals surface area contributed by atoms with Gasteiger partial charge in [-0.05, 0) is 50.6 Å². The molecule has 0 amide bonds. The molecule has 1 aromatic carbocycles. The molecule has 1 saturated heterocycles. The maximum Gasteiger partial charge on any atom is 0.340 e. The molecule has 2 saturated carbocycles. The van der Waals surface area contributed by atoms with Crippen molar-refractivity contribution in [3.8, 4) is 0 Å². The van der Waals surface area contributed by atoms with Crippen LogP contribution in [0.4, 0.5) is 0 Å². The molecule has 2 aromatic heterocycles. The van der Waals surface area contributed by atoms with E-state index >= 15 is 0 Å². The van der Waals surface area contributed by atoms with Gasteiger partial charge in [-0.2, -0.15) is 0 Å². The van der Waals surface area contributed by atoms with Crippen molar-refractivity contribution in [2.45, 2.75) is 128 Å². The minimum absolute atomic E-state index is 0.0780. The van der Waals surface area contributed by atoms with Gasteiger partial charge >= 0.3 is 47.8 Å². The van der Waals surface area contributed by atoms with E-state index in [2.05, 4.69) is 4.98 Å². The summed E-state index contributed by atoms with van der Waals surface area (Å²) in [5.74, 6) is -13.2. The number of ether oxygens (including phenoxy) is 9. The second-order valence-corrected chi connectivity index (χ2v) is 19.3. The van der Waals surface area contributed by atoms with Gasteiger partial charge in [0.1, 0.15) is 42.0 Å². The van der Waals surface area contributed by atoms with Gasteiger partial charge < -0.3 is 52.3 Å². The molecule has 3 aromatic rings. The van der Waals surface area contributed by atoms with Crippen LogP contribution in [0.5, 0.6) is 0 Å². The molecule has 0 unspecified atom stereocenters. The highest BCUT2D eigenvalue weighted by molar-refractivity contribution is 5.92. The van der Waals surface area contributed by atoms with Gasteiger partial charge in [-0.25, -0.2) is 14.4 Å². The van der Waals surface area contributed by atoms with Crippen molar-refractivity contribution in [1.82, 2.24) is 9.55 Å². The fourth-order valence-corrected chi connectivity index (χ4v) is 10.8. The Morgan fingerprint density at radius 1 is 0.792 bits per heavy atom. The number of aliphatic hydroxyl groups is 1. The summed E-state index contributed by atoms with van der Waals surface area (Å²) < 4.78 is 58.4. The highest BCUT2D eigenvalue weighted by Gasteiger charge is 2.92. The molecule has 0 radical (unpaired) electrons. The number of nitrogens with zero attached hydrogens (tertiary/aromatic N) is 2. The number of esters is 8. The topological polar surface area (TPSA) is 275 Å². The zero-order chi connectivity index (χ0) is 52.8. The van der Waals surface area contributed by atoms with Gasteiger partial charge in [0, 0.05) is 52.2 Å². The lowest BCUT2D eigenvalue weighted by molar-refractivity contribution is -0.385. The van der Waals surface area contributed by atoms with Crippen molar-refractivity contribution < 1.29 is 86.1 Å². The number of pyridine rings is 2. The highest BCUT2D eigenvalue weighted by Crippen LogP contribution is 2.70. The zero-order valence-electron chi connectivity index (χ0n) is 41.4. The summed E-state index contributed by atoms with van der Waals surface area (Å²) in [6.07, 6.45) is -10.2. The lowest BCUT2D eigenvalue weighted by atomic mass is 9.45. The molecule has 14 atom stereocenters. The van der Waals surface area contributed by atoms with Gasteiger partial charge in [0.2, 0.25) is 5.56 Å². The third kappa shape index (κ3) is 8.90. The van der Waals surface area contributed by atoms with Crippen molar-refractivity contribution in [3.63, 3.8) is 0 Å². The van der Waals surface area contributed by atoms with Gasteiger partial charge in [0.05, 0.1) is 40.1 Å². The molecule has 2 aliphatic heterocycles. The molecular weight excluding hydrogens is 945 g/mol. The Morgan fingerprint density at radius 3 is 2.04 bits per heavy atom. The lowest BCUT2D eigenvalue weighted by Crippen LogP contribution is -2.89. The molecule has 4 aliphatic rings. The number of hydrogen-bond acceptors (Lipinski definition) is 20. The largest absolute Gasteiger partial charge is 0.464 e. The van der Waals surface area contributed by atoms with E-state index < -0.39 is 149 Å². The lowest BCUT2D eigenvalue weighted by Gasteiger charge is -2.67. The van der Waals surface area contributed by atoms with E-state index in [4.69, 9.17) is 42.6 Å². The first-order valence-electron chi connectivity index (χ1n) is 23.4. The first-order chi connectivity index (χ1) is 33.9. The number of hydrogen-bond donors (Lipinski definition) is 1. The number of rotatable bonds is 11. The SMILES string of the molecule is CC[C@@H](C)C(=O)OC[C@@]12[C@H](OC(=O)c3ccccc3)[C@@H](OC(=O)c3ccc(=O)n(C)c3)[C@@H]3OC(=O)[C@@H](C)[C@H](C)c4ncccc4C(=O)OC[C@]4(C)O[C@@]1([C@H](OC(C)=O)[C@H]4[C@@H](OC(C)=O)[C@@H]2OC(C)=O)[C@@]3(C)O. The average Bonchev–Trinajstić information content (AvgIpc) is 3.56. The third-order valence-electron chi connectivity index (χ3n) is 14.6. The van der Waals surface area contributed by atoms with Crippen molar-refractivity contribution in [1.29, 1.82) is 0 Å². The van der Waals surface area contributed by atoms with Crippen LogP contribution in [0.2, 0.25) is 0 Å².